The van der Waals surface area contributed by atoms with Crippen LogP contribution in [0.4, 0.5) is 0 Å². The summed E-state index contributed by atoms with van der Waals surface area (Å²) in [4.78, 5) is 40.9. The molecular formula is C18H12BiN3O6. The Labute approximate surface area is 178 Å². The van der Waals surface area contributed by atoms with Crippen LogP contribution >= 0.6 is 0 Å². The molecule has 0 fully saturated rings. The van der Waals surface area contributed by atoms with Gasteiger partial charge >= 0.3 is 26.2 Å². The second-order valence-corrected chi connectivity index (χ2v) is 4.59. The Kier molecular flexibility index (Phi) is 12.3. The maximum absolute atomic E-state index is 10.0. The molecule has 0 atom stereocenters. The van der Waals surface area contributed by atoms with Crippen LogP contribution in [0.2, 0.25) is 0 Å². The molecule has 0 aliphatic heterocycles. The minimum absolute atomic E-state index is 0. The summed E-state index contributed by atoms with van der Waals surface area (Å²) in [6, 6.07) is 8.94. The number of hydrogen-bond donors (Lipinski definition) is 0. The third-order valence-electron chi connectivity index (χ3n) is 2.69. The normalized spacial score (nSPS) is 8.57. The number of carbonyl (C=O) groups is 3. The second kappa shape index (κ2) is 13.9. The van der Waals surface area contributed by atoms with Crippen molar-refractivity contribution in [1.29, 1.82) is 0 Å². The molecule has 3 heterocycles. The van der Waals surface area contributed by atoms with Crippen LogP contribution in [0.15, 0.2) is 73.6 Å². The van der Waals surface area contributed by atoms with E-state index in [9.17, 15) is 29.7 Å². The van der Waals surface area contributed by atoms with Gasteiger partial charge in [-0.3, -0.25) is 15.0 Å². The molecule has 0 aliphatic rings. The molecule has 3 rings (SSSR count). The Morgan fingerprint density at radius 2 is 0.821 bits per heavy atom. The number of aromatic nitrogens is 3. The van der Waals surface area contributed by atoms with Crippen LogP contribution in [-0.2, 0) is 0 Å². The second-order valence-electron chi connectivity index (χ2n) is 4.59. The predicted molar refractivity (Wildman–Crippen MR) is 91.5 cm³/mol. The summed E-state index contributed by atoms with van der Waals surface area (Å²) in [5, 5.41) is 30.1. The molecule has 0 aliphatic carbocycles. The van der Waals surface area contributed by atoms with E-state index in [1.807, 2.05) is 0 Å². The van der Waals surface area contributed by atoms with Gasteiger partial charge in [-0.1, -0.05) is 18.2 Å². The first kappa shape index (κ1) is 24.7. The number of carboxylic acid groups (broad SMARTS) is 3. The first-order chi connectivity index (χ1) is 12.9. The van der Waals surface area contributed by atoms with Crippen molar-refractivity contribution in [3.8, 4) is 0 Å². The summed E-state index contributed by atoms with van der Waals surface area (Å²) >= 11 is 0. The molecule has 3 aromatic rings. The fourth-order valence-corrected chi connectivity index (χ4v) is 1.45. The number of carboxylic acids is 3. The van der Waals surface area contributed by atoms with E-state index in [4.69, 9.17) is 0 Å². The zero-order valence-corrected chi connectivity index (χ0v) is 17.6. The smallest absolute Gasteiger partial charge is 0.545 e. The molecule has 10 heteroatoms. The van der Waals surface area contributed by atoms with Gasteiger partial charge in [0.25, 0.3) is 0 Å². The van der Waals surface area contributed by atoms with Gasteiger partial charge in [-0.05, 0) is 18.2 Å². The molecule has 0 spiro atoms. The zero-order chi connectivity index (χ0) is 20.1. The van der Waals surface area contributed by atoms with Crippen molar-refractivity contribution < 1.29 is 29.7 Å². The van der Waals surface area contributed by atoms with Crippen molar-refractivity contribution in [2.75, 3.05) is 0 Å². The monoisotopic (exact) mass is 575 g/mol. The van der Waals surface area contributed by atoms with Gasteiger partial charge in [0, 0.05) is 53.9 Å². The molecule has 9 nitrogen and oxygen atoms in total. The standard InChI is InChI=1S/3C6H5NO2.Bi/c3*8-6(9)5-2-1-3-7-4-5;/h3*1-4H,(H,8,9);/q;;;+3/p-3. The van der Waals surface area contributed by atoms with E-state index in [0.29, 0.717) is 0 Å². The van der Waals surface area contributed by atoms with Crippen molar-refractivity contribution in [2.24, 2.45) is 0 Å². The molecule has 140 valence electrons. The quantitative estimate of drug-likeness (QED) is 0.321. The molecule has 0 bridgehead atoms. The molecule has 28 heavy (non-hydrogen) atoms. The van der Waals surface area contributed by atoms with Gasteiger partial charge < -0.3 is 29.7 Å². The van der Waals surface area contributed by atoms with Gasteiger partial charge in [0.05, 0.1) is 17.9 Å². The fourth-order valence-electron chi connectivity index (χ4n) is 1.45. The third-order valence-corrected chi connectivity index (χ3v) is 2.69. The average molecular weight is 575 g/mol. The molecule has 2 radical (unpaired) electrons. The Hall–Kier alpha value is -3.26. The van der Waals surface area contributed by atoms with E-state index in [-0.39, 0.29) is 42.9 Å². The van der Waals surface area contributed by atoms with Gasteiger partial charge in [0.15, 0.2) is 0 Å². The molecule has 0 unspecified atom stereocenters. The molecule has 3 aromatic heterocycles. The Morgan fingerprint density at radius 3 is 0.929 bits per heavy atom. The number of pyridine rings is 3. The predicted octanol–water partition coefficient (Wildman–Crippen LogP) is -2.05. The largest absolute Gasteiger partial charge is 3.00 e. The van der Waals surface area contributed by atoms with Crippen molar-refractivity contribution in [3.63, 3.8) is 0 Å². The Balaban J connectivity index is 0.000000384. The minimum Gasteiger partial charge on any atom is -0.545 e. The van der Waals surface area contributed by atoms with Crippen LogP contribution in [-0.4, -0.2) is 59.1 Å². The summed E-state index contributed by atoms with van der Waals surface area (Å²) in [6.07, 6.45) is 8.26. The Morgan fingerprint density at radius 1 is 0.571 bits per heavy atom. The Bertz CT molecular complexity index is 747. The van der Waals surface area contributed by atoms with Crippen LogP contribution in [0.5, 0.6) is 0 Å². The van der Waals surface area contributed by atoms with Crippen LogP contribution in [0.3, 0.4) is 0 Å². The van der Waals surface area contributed by atoms with Gasteiger partial charge in [0.2, 0.25) is 0 Å². The maximum Gasteiger partial charge on any atom is 3.00 e. The molecule has 0 saturated heterocycles. The van der Waals surface area contributed by atoms with Gasteiger partial charge in [-0.2, -0.15) is 0 Å². The summed E-state index contributed by atoms with van der Waals surface area (Å²) in [5.74, 6) is -3.57. The van der Waals surface area contributed by atoms with Crippen LogP contribution in [0, 0.1) is 0 Å². The third kappa shape index (κ3) is 10.0. The van der Waals surface area contributed by atoms with Gasteiger partial charge in [0.1, 0.15) is 0 Å². The number of aromatic carboxylic acids is 3. The van der Waals surface area contributed by atoms with Gasteiger partial charge in [-0.25, -0.2) is 0 Å². The molecular weight excluding hydrogens is 563 g/mol. The van der Waals surface area contributed by atoms with E-state index in [1.54, 1.807) is 18.2 Å². The van der Waals surface area contributed by atoms with Crippen molar-refractivity contribution in [2.45, 2.75) is 0 Å². The van der Waals surface area contributed by atoms with E-state index in [0.717, 1.165) is 0 Å². The van der Waals surface area contributed by atoms with Crippen molar-refractivity contribution >= 4 is 44.1 Å². The summed E-state index contributed by atoms with van der Waals surface area (Å²) in [5.41, 5.74) is 0.326. The SMILES string of the molecule is O=C([O-])c1cccnc1.O=C([O-])c1cccnc1.O=C([O-])c1cccnc1.[Bi+3]. The number of nitrogens with zero attached hydrogens (tertiary/aromatic N) is 3. The molecule has 0 aromatic carbocycles. The maximum atomic E-state index is 10.0. The summed E-state index contributed by atoms with van der Waals surface area (Å²) in [7, 11) is 0. The number of rotatable bonds is 3. The van der Waals surface area contributed by atoms with Crippen molar-refractivity contribution in [1.82, 2.24) is 15.0 Å². The van der Waals surface area contributed by atoms with Gasteiger partial charge in [-0.15, -0.1) is 0 Å². The zero-order valence-electron chi connectivity index (χ0n) is 14.2. The summed E-state index contributed by atoms with van der Waals surface area (Å²) < 4.78 is 0. The molecule has 0 amide bonds. The van der Waals surface area contributed by atoms with Crippen LogP contribution in [0.25, 0.3) is 0 Å². The van der Waals surface area contributed by atoms with E-state index in [1.165, 1.54) is 55.4 Å². The van der Waals surface area contributed by atoms with E-state index < -0.39 is 17.9 Å². The fraction of sp³-hybridized carbons (Fsp3) is 0. The van der Waals surface area contributed by atoms with Crippen LogP contribution in [0.1, 0.15) is 31.1 Å². The first-order valence-electron chi connectivity index (χ1n) is 7.26. The minimum atomic E-state index is -1.19. The summed E-state index contributed by atoms with van der Waals surface area (Å²) in [6.45, 7) is 0. The average Bonchev–Trinajstić information content (AvgIpc) is 2.71. The first-order valence-corrected chi connectivity index (χ1v) is 7.26. The van der Waals surface area contributed by atoms with Crippen LogP contribution < -0.4 is 15.3 Å². The number of carbonyl (C=O) groups excluding carboxylic acids is 3. The van der Waals surface area contributed by atoms with Crippen molar-refractivity contribution in [3.05, 3.63) is 90.3 Å². The van der Waals surface area contributed by atoms with E-state index in [2.05, 4.69) is 15.0 Å². The molecule has 0 N–H and O–H groups in total. The topological polar surface area (TPSA) is 159 Å². The molecule has 0 saturated carbocycles. The van der Waals surface area contributed by atoms with E-state index >= 15 is 0 Å². The number of hydrogen-bond acceptors (Lipinski definition) is 9.